The van der Waals surface area contributed by atoms with Crippen LogP contribution in [0.3, 0.4) is 0 Å². The second kappa shape index (κ2) is 6.87. The van der Waals surface area contributed by atoms with Gasteiger partial charge in [0.15, 0.2) is 0 Å². The summed E-state index contributed by atoms with van der Waals surface area (Å²) in [6, 6.07) is 3.87. The molecule has 1 aromatic heterocycles. The van der Waals surface area contributed by atoms with Crippen molar-refractivity contribution < 1.29 is 17.2 Å². The van der Waals surface area contributed by atoms with E-state index in [0.29, 0.717) is 30.3 Å². The van der Waals surface area contributed by atoms with E-state index in [1.807, 2.05) is 10.6 Å². The zero-order chi connectivity index (χ0) is 19.3. The van der Waals surface area contributed by atoms with Crippen LogP contribution in [0, 0.1) is 5.41 Å². The summed E-state index contributed by atoms with van der Waals surface area (Å²) >= 11 is 3.42. The fourth-order valence-corrected chi connectivity index (χ4v) is 4.97. The van der Waals surface area contributed by atoms with Gasteiger partial charge in [-0.2, -0.15) is 0 Å². The van der Waals surface area contributed by atoms with E-state index in [2.05, 4.69) is 41.4 Å². The molecule has 0 amide bonds. The molecule has 0 aliphatic heterocycles. The second-order valence-electron chi connectivity index (χ2n) is 8.11. The van der Waals surface area contributed by atoms with Crippen LogP contribution in [-0.2, 0) is 16.6 Å². The lowest BCUT2D eigenvalue weighted by Gasteiger charge is -2.20. The summed E-state index contributed by atoms with van der Waals surface area (Å²) in [7, 11) is -3.73. The topological polar surface area (TPSA) is 51.1 Å². The van der Waals surface area contributed by atoms with Crippen LogP contribution in [0.1, 0.15) is 45.2 Å². The molecule has 0 unspecified atom stereocenters. The number of benzene rings is 1. The van der Waals surface area contributed by atoms with Crippen LogP contribution in [0.5, 0.6) is 0 Å². The molecule has 0 radical (unpaired) electrons. The van der Waals surface area contributed by atoms with Crippen LogP contribution in [0.2, 0.25) is 0 Å². The maximum absolute atomic E-state index is 13.8. The molecule has 26 heavy (non-hydrogen) atoms. The van der Waals surface area contributed by atoms with Crippen molar-refractivity contribution in [2.75, 3.05) is 0 Å². The largest absolute Gasteiger partial charge is 0.347 e. The number of halogens is 3. The van der Waals surface area contributed by atoms with Gasteiger partial charge in [0.1, 0.15) is 6.04 Å². The van der Waals surface area contributed by atoms with E-state index in [0.717, 1.165) is 9.99 Å². The molecule has 1 N–H and O–H groups in total. The molecule has 1 fully saturated rings. The zero-order valence-electron chi connectivity index (χ0n) is 15.0. The van der Waals surface area contributed by atoms with Crippen LogP contribution in [0.15, 0.2) is 28.9 Å². The van der Waals surface area contributed by atoms with Gasteiger partial charge < -0.3 is 4.57 Å². The lowest BCUT2D eigenvalue weighted by atomic mass is 9.97. The highest BCUT2D eigenvalue weighted by Crippen LogP contribution is 2.36. The van der Waals surface area contributed by atoms with Crippen LogP contribution in [-0.4, -0.2) is 24.7 Å². The fraction of sp³-hybridized carbons (Fsp3) is 0.556. The molecule has 4 nitrogen and oxygen atoms in total. The van der Waals surface area contributed by atoms with Crippen molar-refractivity contribution >= 4 is 36.9 Å². The number of hydrogen-bond acceptors (Lipinski definition) is 2. The highest BCUT2D eigenvalue weighted by Gasteiger charge is 2.40. The van der Waals surface area contributed by atoms with Gasteiger partial charge in [0.2, 0.25) is 10.0 Å². The third-order valence-corrected chi connectivity index (χ3v) is 6.79. The highest BCUT2D eigenvalue weighted by molar-refractivity contribution is 9.10. The van der Waals surface area contributed by atoms with Gasteiger partial charge >= 0.3 is 0 Å². The number of fused-ring (bicyclic) bond motifs is 1. The Labute approximate surface area is 161 Å². The van der Waals surface area contributed by atoms with Gasteiger partial charge in [-0.15, -0.1) is 0 Å². The smallest absolute Gasteiger partial charge is 0.258 e. The van der Waals surface area contributed by atoms with Crippen molar-refractivity contribution in [3.05, 3.63) is 34.4 Å². The first-order chi connectivity index (χ1) is 12.0. The summed E-state index contributed by atoms with van der Waals surface area (Å²) in [6.45, 7) is 6.83. The van der Waals surface area contributed by atoms with E-state index in [1.165, 1.54) is 0 Å². The van der Waals surface area contributed by atoms with Crippen molar-refractivity contribution in [3.8, 4) is 0 Å². The molecule has 3 rings (SSSR count). The Hall–Kier alpha value is -0.990. The minimum atomic E-state index is -3.73. The Bertz CT molecular complexity index is 915. The first-order valence-corrected chi connectivity index (χ1v) is 10.9. The molecule has 0 bridgehead atoms. The zero-order valence-corrected chi connectivity index (χ0v) is 17.4. The molecule has 1 aromatic carbocycles. The van der Waals surface area contributed by atoms with Gasteiger partial charge in [-0.3, -0.25) is 0 Å². The first kappa shape index (κ1) is 19.8. The molecule has 1 atom stereocenters. The lowest BCUT2D eigenvalue weighted by molar-refractivity contribution is 0.109. The van der Waals surface area contributed by atoms with Gasteiger partial charge in [0.25, 0.3) is 6.43 Å². The molecule has 8 heteroatoms. The standard InChI is InChI=1S/C18H23BrF2N2O2S/c1-18(2,3)10-23-9-14(13-7-4-11(19)8-15(13)23)16(17(20)21)22-26(24,25)12-5-6-12/h4,7-9,12,16-17,22H,5-6,10H2,1-3H3/t16-/m0/s1. The normalized spacial score (nSPS) is 17.2. The summed E-state index contributed by atoms with van der Waals surface area (Å²) in [5.41, 5.74) is 1.07. The Morgan fingerprint density at radius 2 is 1.96 bits per heavy atom. The molecule has 1 aliphatic carbocycles. The van der Waals surface area contributed by atoms with E-state index in [1.54, 1.807) is 18.3 Å². The maximum Gasteiger partial charge on any atom is 0.258 e. The number of hydrogen-bond donors (Lipinski definition) is 1. The summed E-state index contributed by atoms with van der Waals surface area (Å²) < 4.78 is 57.1. The molecule has 0 saturated heterocycles. The second-order valence-corrected chi connectivity index (χ2v) is 11.0. The number of alkyl halides is 2. The van der Waals surface area contributed by atoms with Crippen molar-refractivity contribution in [2.24, 2.45) is 5.41 Å². The predicted octanol–water partition coefficient (Wildman–Crippen LogP) is 4.84. The average Bonchev–Trinajstić information content (AvgIpc) is 3.29. The molecule has 2 aromatic rings. The summed E-state index contributed by atoms with van der Waals surface area (Å²) in [5.74, 6) is 0. The minimum absolute atomic E-state index is 0.0562. The van der Waals surface area contributed by atoms with Gasteiger partial charge in [-0.1, -0.05) is 42.8 Å². The van der Waals surface area contributed by atoms with Crippen LogP contribution >= 0.6 is 15.9 Å². The average molecular weight is 449 g/mol. The Morgan fingerprint density at radius 1 is 1.31 bits per heavy atom. The van der Waals surface area contributed by atoms with Gasteiger partial charge in [0, 0.05) is 33.7 Å². The molecular formula is C18H23BrF2N2O2S. The van der Waals surface area contributed by atoms with E-state index < -0.39 is 27.7 Å². The van der Waals surface area contributed by atoms with Crippen molar-refractivity contribution in [1.82, 2.24) is 9.29 Å². The van der Waals surface area contributed by atoms with E-state index in [-0.39, 0.29) is 5.41 Å². The third kappa shape index (κ3) is 4.28. The Kier molecular flexibility index (Phi) is 5.22. The fourth-order valence-electron chi connectivity index (χ4n) is 3.09. The van der Waals surface area contributed by atoms with Crippen LogP contribution in [0.25, 0.3) is 10.9 Å². The van der Waals surface area contributed by atoms with Crippen molar-refractivity contribution in [1.29, 1.82) is 0 Å². The maximum atomic E-state index is 13.8. The molecular weight excluding hydrogens is 426 g/mol. The number of rotatable bonds is 6. The van der Waals surface area contributed by atoms with E-state index in [4.69, 9.17) is 0 Å². The molecule has 144 valence electrons. The Balaban J connectivity index is 2.09. The number of sulfonamides is 1. The summed E-state index contributed by atoms with van der Waals surface area (Å²) in [5, 5.41) is 0.0991. The third-order valence-electron chi connectivity index (χ3n) is 4.36. The molecule has 1 saturated carbocycles. The van der Waals surface area contributed by atoms with Crippen molar-refractivity contribution in [2.45, 2.75) is 57.9 Å². The SMILES string of the molecule is CC(C)(C)Cn1cc([C@H](NS(=O)(=O)C2CC2)C(F)F)c2ccc(Br)cc21. The lowest BCUT2D eigenvalue weighted by Crippen LogP contribution is -2.35. The van der Waals surface area contributed by atoms with Crippen LogP contribution < -0.4 is 4.72 Å². The number of aromatic nitrogens is 1. The number of nitrogens with zero attached hydrogens (tertiary/aromatic N) is 1. The first-order valence-electron chi connectivity index (χ1n) is 8.55. The Morgan fingerprint density at radius 3 is 2.50 bits per heavy atom. The van der Waals surface area contributed by atoms with E-state index in [9.17, 15) is 17.2 Å². The minimum Gasteiger partial charge on any atom is -0.347 e. The monoisotopic (exact) mass is 448 g/mol. The van der Waals surface area contributed by atoms with Crippen LogP contribution in [0.4, 0.5) is 8.78 Å². The highest BCUT2D eigenvalue weighted by atomic mass is 79.9. The quantitative estimate of drug-likeness (QED) is 0.687. The van der Waals surface area contributed by atoms with Crippen molar-refractivity contribution in [3.63, 3.8) is 0 Å². The van der Waals surface area contributed by atoms with E-state index >= 15 is 0 Å². The molecule has 1 aliphatic rings. The summed E-state index contributed by atoms with van der Waals surface area (Å²) in [4.78, 5) is 0. The van der Waals surface area contributed by atoms with Gasteiger partial charge in [0.05, 0.1) is 5.25 Å². The van der Waals surface area contributed by atoms with Gasteiger partial charge in [-0.25, -0.2) is 21.9 Å². The predicted molar refractivity (Wildman–Crippen MR) is 103 cm³/mol. The number of nitrogens with one attached hydrogen (secondary N) is 1. The molecule has 1 heterocycles. The molecule has 0 spiro atoms. The van der Waals surface area contributed by atoms with Gasteiger partial charge in [-0.05, 0) is 30.4 Å². The summed E-state index contributed by atoms with van der Waals surface area (Å²) in [6.07, 6.45) is -0.108.